The van der Waals surface area contributed by atoms with Crippen molar-refractivity contribution in [2.24, 2.45) is 0 Å². The lowest BCUT2D eigenvalue weighted by molar-refractivity contribution is -0.387. The van der Waals surface area contributed by atoms with Crippen LogP contribution in [0.2, 0.25) is 0 Å². The second kappa shape index (κ2) is 7.98. The van der Waals surface area contributed by atoms with Gasteiger partial charge < -0.3 is 0 Å². The monoisotopic (exact) mass is 461 g/mol. The summed E-state index contributed by atoms with van der Waals surface area (Å²) in [5.41, 5.74) is -0.383. The second-order valence-corrected chi connectivity index (χ2v) is 10.3. The molecule has 1 heterocycles. The van der Waals surface area contributed by atoms with Crippen molar-refractivity contribution >= 4 is 25.7 Å². The molecule has 0 saturated carbocycles. The van der Waals surface area contributed by atoms with Crippen molar-refractivity contribution in [3.05, 3.63) is 63.7 Å². The van der Waals surface area contributed by atoms with Crippen LogP contribution in [0, 0.1) is 28.7 Å². The summed E-state index contributed by atoms with van der Waals surface area (Å²) in [6.07, 6.45) is 0. The molecule has 3 rings (SSSR count). The van der Waals surface area contributed by atoms with Gasteiger partial charge in [0, 0.05) is 38.3 Å². The van der Waals surface area contributed by atoms with Gasteiger partial charge in [-0.3, -0.25) is 10.1 Å². The van der Waals surface area contributed by atoms with Crippen LogP contribution in [0.4, 0.5) is 14.5 Å². The van der Waals surface area contributed by atoms with Gasteiger partial charge in [0.25, 0.3) is 5.69 Å². The van der Waals surface area contributed by atoms with E-state index in [1.807, 2.05) is 0 Å². The lowest BCUT2D eigenvalue weighted by Gasteiger charge is -2.33. The fourth-order valence-corrected chi connectivity index (χ4v) is 6.47. The molecule has 2 aromatic carbocycles. The van der Waals surface area contributed by atoms with Crippen molar-refractivity contribution in [3.8, 4) is 0 Å². The maximum Gasteiger partial charge on any atom is 0.289 e. The van der Waals surface area contributed by atoms with Crippen LogP contribution in [0.15, 0.2) is 46.2 Å². The summed E-state index contributed by atoms with van der Waals surface area (Å²) in [5, 5.41) is 11.3. The fourth-order valence-electron chi connectivity index (χ4n) is 3.22. The first-order valence-corrected chi connectivity index (χ1v) is 11.5. The Bertz CT molecular complexity index is 1210. The average Bonchev–Trinajstić information content (AvgIpc) is 2.67. The molecule has 0 spiro atoms. The van der Waals surface area contributed by atoms with Crippen LogP contribution in [0.3, 0.4) is 0 Å². The molecule has 0 aromatic heterocycles. The number of nitro groups is 1. The highest BCUT2D eigenvalue weighted by Gasteiger charge is 2.38. The highest BCUT2D eigenvalue weighted by Crippen LogP contribution is 2.31. The number of piperazine rings is 1. The molecule has 1 aliphatic heterocycles. The van der Waals surface area contributed by atoms with E-state index in [0.29, 0.717) is 6.07 Å². The molecule has 0 aliphatic carbocycles. The lowest BCUT2D eigenvalue weighted by atomic mass is 10.2. The van der Waals surface area contributed by atoms with Crippen molar-refractivity contribution in [2.75, 3.05) is 26.2 Å². The molecule has 30 heavy (non-hydrogen) atoms. The molecule has 0 N–H and O–H groups in total. The van der Waals surface area contributed by atoms with Crippen molar-refractivity contribution in [2.45, 2.75) is 16.7 Å². The van der Waals surface area contributed by atoms with Gasteiger partial charge in [-0.15, -0.1) is 0 Å². The first-order chi connectivity index (χ1) is 14.0. The summed E-state index contributed by atoms with van der Waals surface area (Å²) in [6, 6.07) is 5.95. The number of hydrogen-bond acceptors (Lipinski definition) is 6. The zero-order chi connectivity index (χ0) is 22.3. The summed E-state index contributed by atoms with van der Waals surface area (Å²) in [6.45, 7) is 0.278. The highest BCUT2D eigenvalue weighted by molar-refractivity contribution is 7.89. The van der Waals surface area contributed by atoms with Crippen LogP contribution in [-0.4, -0.2) is 56.5 Å². The van der Waals surface area contributed by atoms with Gasteiger partial charge in [-0.25, -0.2) is 25.6 Å². The van der Waals surface area contributed by atoms with E-state index in [-0.39, 0.29) is 31.7 Å². The van der Waals surface area contributed by atoms with Gasteiger partial charge >= 0.3 is 0 Å². The van der Waals surface area contributed by atoms with Crippen molar-refractivity contribution in [1.82, 2.24) is 8.61 Å². The van der Waals surface area contributed by atoms with Crippen LogP contribution >= 0.6 is 0 Å². The number of rotatable bonds is 5. The van der Waals surface area contributed by atoms with E-state index in [4.69, 9.17) is 0 Å². The smallest absolute Gasteiger partial charge is 0.258 e. The zero-order valence-electron chi connectivity index (χ0n) is 15.7. The molecule has 0 amide bonds. The number of sulfonamides is 2. The molecule has 13 heteroatoms. The normalized spacial score (nSPS) is 16.5. The van der Waals surface area contributed by atoms with Gasteiger partial charge in [-0.2, -0.15) is 8.61 Å². The third-order valence-electron chi connectivity index (χ3n) is 4.70. The Labute approximate surface area is 171 Å². The first kappa shape index (κ1) is 22.2. The number of halogens is 2. The average molecular weight is 461 g/mol. The Balaban J connectivity index is 1.86. The molecule has 162 valence electrons. The third-order valence-corrected chi connectivity index (χ3v) is 8.72. The van der Waals surface area contributed by atoms with E-state index in [9.17, 15) is 35.7 Å². The summed E-state index contributed by atoms with van der Waals surface area (Å²) >= 11 is 0. The van der Waals surface area contributed by atoms with Crippen molar-refractivity contribution in [1.29, 1.82) is 0 Å². The molecule has 0 bridgehead atoms. The molecule has 1 fully saturated rings. The van der Waals surface area contributed by atoms with E-state index in [1.54, 1.807) is 0 Å². The largest absolute Gasteiger partial charge is 0.289 e. The number of benzene rings is 2. The molecule has 0 atom stereocenters. The Morgan fingerprint density at radius 1 is 0.933 bits per heavy atom. The summed E-state index contributed by atoms with van der Waals surface area (Å²) in [5.74, 6) is -2.18. The molecule has 1 aliphatic rings. The van der Waals surface area contributed by atoms with E-state index in [2.05, 4.69) is 0 Å². The van der Waals surface area contributed by atoms with E-state index >= 15 is 0 Å². The molecular weight excluding hydrogens is 444 g/mol. The summed E-state index contributed by atoms with van der Waals surface area (Å²) < 4.78 is 80.2. The minimum atomic E-state index is -4.31. The Morgan fingerprint density at radius 2 is 1.50 bits per heavy atom. The number of nitrogens with zero attached hydrogens (tertiary/aromatic N) is 3. The minimum absolute atomic E-state index is 0.188. The minimum Gasteiger partial charge on any atom is -0.258 e. The lowest BCUT2D eigenvalue weighted by Crippen LogP contribution is -2.50. The van der Waals surface area contributed by atoms with E-state index in [1.165, 1.54) is 19.1 Å². The molecular formula is C17H17F2N3O6S2. The molecule has 0 unspecified atom stereocenters. The predicted molar refractivity (Wildman–Crippen MR) is 102 cm³/mol. The van der Waals surface area contributed by atoms with E-state index in [0.717, 1.165) is 26.8 Å². The Morgan fingerprint density at radius 3 is 2.03 bits per heavy atom. The van der Waals surface area contributed by atoms with Crippen LogP contribution in [0.25, 0.3) is 0 Å². The van der Waals surface area contributed by atoms with Gasteiger partial charge in [0.2, 0.25) is 20.0 Å². The standard InChI is InChI=1S/C17H17F2N3O6S2/c1-12-3-2-4-15(22(23)24)17(12)30(27,28)21-9-7-20(8-10-21)29(25,26)16-6-5-13(18)11-14(16)19/h2-6,11H,7-10H2,1H3. The van der Waals surface area contributed by atoms with Crippen molar-refractivity contribution < 1.29 is 30.5 Å². The van der Waals surface area contributed by atoms with Gasteiger partial charge in [0.05, 0.1) is 4.92 Å². The molecule has 2 aromatic rings. The molecule has 0 radical (unpaired) electrons. The maximum atomic E-state index is 13.9. The zero-order valence-corrected chi connectivity index (χ0v) is 17.3. The van der Waals surface area contributed by atoms with Gasteiger partial charge in [0.1, 0.15) is 16.5 Å². The molecule has 1 saturated heterocycles. The highest BCUT2D eigenvalue weighted by atomic mass is 32.2. The van der Waals surface area contributed by atoms with Crippen LogP contribution < -0.4 is 0 Å². The van der Waals surface area contributed by atoms with Crippen LogP contribution in [0.1, 0.15) is 5.56 Å². The topological polar surface area (TPSA) is 118 Å². The number of hydrogen-bond donors (Lipinski definition) is 0. The van der Waals surface area contributed by atoms with Crippen molar-refractivity contribution in [3.63, 3.8) is 0 Å². The third kappa shape index (κ3) is 3.93. The van der Waals surface area contributed by atoms with Crippen LogP contribution in [0.5, 0.6) is 0 Å². The fraction of sp³-hybridized carbons (Fsp3) is 0.294. The Kier molecular flexibility index (Phi) is 5.91. The number of aryl methyl sites for hydroxylation is 1. The van der Waals surface area contributed by atoms with Gasteiger partial charge in [-0.05, 0) is 24.6 Å². The first-order valence-electron chi connectivity index (χ1n) is 8.65. The SMILES string of the molecule is Cc1cccc([N+](=O)[O-])c1S(=O)(=O)N1CCN(S(=O)(=O)c2ccc(F)cc2F)CC1. The predicted octanol–water partition coefficient (Wildman–Crippen LogP) is 1.88. The van der Waals surface area contributed by atoms with E-state index < -0.39 is 52.1 Å². The maximum absolute atomic E-state index is 13.9. The van der Waals surface area contributed by atoms with Gasteiger partial charge in [-0.1, -0.05) is 12.1 Å². The number of nitro benzene ring substituents is 1. The Hall–Kier alpha value is -2.48. The second-order valence-electron chi connectivity index (χ2n) is 6.56. The quantitative estimate of drug-likeness (QED) is 0.496. The summed E-state index contributed by atoms with van der Waals surface area (Å²) in [4.78, 5) is 9.32. The molecule has 9 nitrogen and oxygen atoms in total. The summed E-state index contributed by atoms with van der Waals surface area (Å²) in [7, 11) is -8.58. The van der Waals surface area contributed by atoms with Crippen LogP contribution in [-0.2, 0) is 20.0 Å². The van der Waals surface area contributed by atoms with Gasteiger partial charge in [0.15, 0.2) is 4.90 Å².